The minimum Gasteiger partial charge on any atom is -0.457 e. The van der Waals surface area contributed by atoms with Crippen molar-refractivity contribution in [1.82, 2.24) is 5.32 Å². The first-order valence-electron chi connectivity index (χ1n) is 13.7. The highest BCUT2D eigenvalue weighted by atomic mass is 28.4. The molecule has 11 nitrogen and oxygen atoms in total. The van der Waals surface area contributed by atoms with Crippen LogP contribution in [-0.2, 0) is 37.6 Å². The summed E-state index contributed by atoms with van der Waals surface area (Å²) in [6.45, 7) is 22.9. The van der Waals surface area contributed by atoms with Crippen molar-refractivity contribution in [1.29, 1.82) is 0 Å². The van der Waals surface area contributed by atoms with Gasteiger partial charge in [0.2, 0.25) is 0 Å². The van der Waals surface area contributed by atoms with Crippen molar-refractivity contribution in [3.05, 3.63) is 0 Å². The van der Waals surface area contributed by atoms with Gasteiger partial charge >= 0.3 is 12.1 Å². The molecule has 4 rings (SSSR count). The maximum atomic E-state index is 13.4. The van der Waals surface area contributed by atoms with Crippen molar-refractivity contribution in [2.75, 3.05) is 13.2 Å². The van der Waals surface area contributed by atoms with E-state index >= 15 is 0 Å². The first-order chi connectivity index (χ1) is 17.5. The summed E-state index contributed by atoms with van der Waals surface area (Å²) in [5.41, 5.74) is -3.82. The van der Waals surface area contributed by atoms with Crippen LogP contribution in [0.3, 0.4) is 0 Å². The van der Waals surface area contributed by atoms with E-state index in [1.165, 1.54) is 0 Å². The second-order valence-electron chi connectivity index (χ2n) is 14.7. The molecule has 4 fully saturated rings. The van der Waals surface area contributed by atoms with Crippen molar-refractivity contribution < 1.29 is 47.5 Å². The van der Waals surface area contributed by atoms with Gasteiger partial charge in [-0.1, -0.05) is 20.8 Å². The molecule has 3 saturated heterocycles. The molecule has 1 spiro atoms. The number of amides is 1. The molecule has 3 heterocycles. The van der Waals surface area contributed by atoms with Crippen molar-refractivity contribution in [2.24, 2.45) is 5.92 Å². The molecule has 4 aliphatic rings. The Balaban J connectivity index is 1.89. The van der Waals surface area contributed by atoms with Gasteiger partial charge in [-0.05, 0) is 66.6 Å². The minimum atomic E-state index is -2.34. The Kier molecular flexibility index (Phi) is 7.16. The zero-order valence-electron chi connectivity index (χ0n) is 25.4. The fourth-order valence-corrected chi connectivity index (χ4v) is 6.92. The van der Waals surface area contributed by atoms with Gasteiger partial charge in [-0.3, -0.25) is 0 Å². The number of hydrogen-bond acceptors (Lipinski definition) is 10. The average Bonchev–Trinajstić information content (AvgIpc) is 3.24. The highest BCUT2D eigenvalue weighted by Crippen LogP contribution is 2.58. The number of carbonyl (C=O) groups is 2. The SMILES string of the molecule is CC(C)(C)OC(=O)NC12C3OC(C)(C)OC3C3(COC(C)(C)O3)C(OC(=O)[C@H]1O)[C@H]2CO[Si](C)(C)C(C)(C)C. The lowest BCUT2D eigenvalue weighted by Gasteiger charge is -2.61. The van der Waals surface area contributed by atoms with Crippen molar-refractivity contribution in [3.63, 3.8) is 0 Å². The molecule has 12 heteroatoms. The summed E-state index contributed by atoms with van der Waals surface area (Å²) in [5.74, 6) is -3.83. The second-order valence-corrected chi connectivity index (χ2v) is 19.5. The van der Waals surface area contributed by atoms with E-state index in [0.29, 0.717) is 0 Å². The van der Waals surface area contributed by atoms with Crippen LogP contribution in [0.25, 0.3) is 0 Å². The molecule has 0 aromatic heterocycles. The Morgan fingerprint density at radius 1 is 1.03 bits per heavy atom. The second kappa shape index (κ2) is 9.11. The van der Waals surface area contributed by atoms with Crippen LogP contribution >= 0.6 is 0 Å². The van der Waals surface area contributed by atoms with Crippen LogP contribution in [0.5, 0.6) is 0 Å². The van der Waals surface area contributed by atoms with Crippen molar-refractivity contribution >= 4 is 20.4 Å². The fourth-order valence-electron chi connectivity index (χ4n) is 5.89. The predicted molar refractivity (Wildman–Crippen MR) is 142 cm³/mol. The Bertz CT molecular complexity index is 1000. The van der Waals surface area contributed by atoms with Gasteiger partial charge in [-0.25, -0.2) is 9.59 Å². The lowest BCUT2D eigenvalue weighted by Crippen LogP contribution is -2.86. The molecular weight excluding hydrogens is 526 g/mol. The largest absolute Gasteiger partial charge is 0.457 e. The molecule has 0 aromatic rings. The molecular formula is C27H47NO10Si. The highest BCUT2D eigenvalue weighted by molar-refractivity contribution is 6.74. The van der Waals surface area contributed by atoms with Crippen LogP contribution in [0.1, 0.15) is 69.2 Å². The summed E-state index contributed by atoms with van der Waals surface area (Å²) in [6, 6.07) is 0. The molecule has 0 aromatic carbocycles. The first-order valence-corrected chi connectivity index (χ1v) is 16.6. The number of carbonyl (C=O) groups excluding carboxylic acids is 2. The monoisotopic (exact) mass is 573 g/mol. The van der Waals surface area contributed by atoms with Gasteiger partial charge in [0.1, 0.15) is 29.5 Å². The van der Waals surface area contributed by atoms with Gasteiger partial charge in [0.25, 0.3) is 0 Å². The number of nitrogens with one attached hydrogen (secondary N) is 1. The van der Waals surface area contributed by atoms with E-state index < -0.39 is 79.0 Å². The number of hydrogen-bond donors (Lipinski definition) is 2. The molecule has 0 radical (unpaired) electrons. The number of alkyl carbamates (subject to hydrolysis) is 1. The normalized spacial score (nSPS) is 39.3. The Morgan fingerprint density at radius 3 is 2.13 bits per heavy atom. The van der Waals surface area contributed by atoms with Gasteiger partial charge in [0.05, 0.1) is 12.5 Å². The smallest absolute Gasteiger partial charge is 0.408 e. The summed E-state index contributed by atoms with van der Waals surface area (Å²) in [6.07, 6.45) is -5.47. The number of fused-ring (bicyclic) bond motifs is 6. The van der Waals surface area contributed by atoms with Gasteiger partial charge < -0.3 is 43.3 Å². The van der Waals surface area contributed by atoms with E-state index in [4.69, 9.17) is 32.8 Å². The number of aliphatic hydroxyl groups excluding tert-OH is 1. The van der Waals surface area contributed by atoms with Crippen LogP contribution < -0.4 is 5.32 Å². The van der Waals surface area contributed by atoms with Gasteiger partial charge in [-0.2, -0.15) is 0 Å². The van der Waals surface area contributed by atoms with Crippen LogP contribution in [0.2, 0.25) is 18.1 Å². The first kappa shape index (κ1) is 30.7. The molecule has 2 N–H and O–H groups in total. The van der Waals surface area contributed by atoms with E-state index in [1.54, 1.807) is 48.5 Å². The van der Waals surface area contributed by atoms with E-state index in [-0.39, 0.29) is 18.3 Å². The number of ether oxygens (including phenoxy) is 6. The standard InChI is InChI=1S/C27H47NO10Si/c1-22(2,3)37-21(31)28-27-15(13-33-39(11,12)23(4,5)6)17(34-20(30)16(27)29)26(14-32-24(7,8)38-26)18-19(27)36-25(9,10)35-18/h15-19,29H,13-14H2,1-12H3,(H,28,31)/t15-,16-,17?,18?,19?,26?,27?/m1/s1. The van der Waals surface area contributed by atoms with E-state index in [9.17, 15) is 14.7 Å². The summed E-state index contributed by atoms with van der Waals surface area (Å²) >= 11 is 0. The summed E-state index contributed by atoms with van der Waals surface area (Å²) in [4.78, 5) is 26.7. The molecule has 1 saturated carbocycles. The number of rotatable bonds is 4. The molecule has 1 aliphatic carbocycles. The van der Waals surface area contributed by atoms with E-state index in [1.807, 2.05) is 0 Å². The Morgan fingerprint density at radius 2 is 1.62 bits per heavy atom. The molecule has 2 bridgehead atoms. The Labute approximate surface area is 232 Å². The van der Waals surface area contributed by atoms with E-state index in [0.717, 1.165) is 0 Å². The molecule has 3 aliphatic heterocycles. The maximum absolute atomic E-state index is 13.4. The maximum Gasteiger partial charge on any atom is 0.408 e. The minimum absolute atomic E-state index is 0.0494. The zero-order valence-corrected chi connectivity index (χ0v) is 26.4. The number of aliphatic hydroxyl groups is 1. The third-order valence-corrected chi connectivity index (χ3v) is 13.2. The molecule has 5 unspecified atom stereocenters. The highest BCUT2D eigenvalue weighted by Gasteiger charge is 2.80. The third kappa shape index (κ3) is 5.15. The van der Waals surface area contributed by atoms with Gasteiger partial charge in [0.15, 0.2) is 31.6 Å². The van der Waals surface area contributed by atoms with Crippen molar-refractivity contribution in [3.8, 4) is 0 Å². The average molecular weight is 574 g/mol. The van der Waals surface area contributed by atoms with E-state index in [2.05, 4.69) is 39.2 Å². The van der Waals surface area contributed by atoms with Crippen LogP contribution in [-0.4, -0.2) is 91.4 Å². The lowest BCUT2D eigenvalue weighted by molar-refractivity contribution is -0.290. The molecule has 224 valence electrons. The van der Waals surface area contributed by atoms with Gasteiger partial charge in [-0.15, -0.1) is 0 Å². The Hall–Kier alpha value is -1.28. The predicted octanol–water partition coefficient (Wildman–Crippen LogP) is 3.23. The summed E-state index contributed by atoms with van der Waals surface area (Å²) < 4.78 is 43.7. The summed E-state index contributed by atoms with van der Waals surface area (Å²) in [7, 11) is -2.34. The molecule has 39 heavy (non-hydrogen) atoms. The van der Waals surface area contributed by atoms with Crippen LogP contribution in [0, 0.1) is 5.92 Å². The quantitative estimate of drug-likeness (QED) is 0.382. The zero-order chi connectivity index (χ0) is 29.6. The van der Waals surface area contributed by atoms with Gasteiger partial charge in [0, 0.05) is 6.61 Å². The van der Waals surface area contributed by atoms with Crippen molar-refractivity contribution in [2.45, 2.75) is 140 Å². The van der Waals surface area contributed by atoms with Crippen LogP contribution in [0.4, 0.5) is 4.79 Å². The third-order valence-electron chi connectivity index (χ3n) is 8.66. The lowest BCUT2D eigenvalue weighted by atomic mass is 9.58. The molecule has 1 amide bonds. The topological polar surface area (TPSA) is 131 Å². The summed E-state index contributed by atoms with van der Waals surface area (Å²) in [5, 5.41) is 14.4. The fraction of sp³-hybridized carbons (Fsp3) is 0.926. The number of esters is 1. The molecule has 7 atom stereocenters. The van der Waals surface area contributed by atoms with Crippen LogP contribution in [0.15, 0.2) is 0 Å².